The first-order valence-electron chi connectivity index (χ1n) is 7.10. The molecule has 19 heavy (non-hydrogen) atoms. The van der Waals surface area contributed by atoms with Gasteiger partial charge in [0.25, 0.3) is 0 Å². The van der Waals surface area contributed by atoms with Crippen LogP contribution < -0.4 is 5.73 Å². The summed E-state index contributed by atoms with van der Waals surface area (Å²) < 4.78 is 4.91. The van der Waals surface area contributed by atoms with Crippen molar-refractivity contribution in [3.8, 4) is 0 Å². The molecule has 0 aromatic carbocycles. The minimum Gasteiger partial charge on any atom is -0.465 e. The molecule has 0 rings (SSSR count). The van der Waals surface area contributed by atoms with Crippen molar-refractivity contribution in [2.24, 2.45) is 17.6 Å². The smallest absolute Gasteiger partial charge is 0.325 e. The van der Waals surface area contributed by atoms with Crippen molar-refractivity contribution < 1.29 is 14.3 Å². The zero-order valence-corrected chi connectivity index (χ0v) is 12.6. The highest BCUT2D eigenvalue weighted by Crippen LogP contribution is 2.11. The highest BCUT2D eigenvalue weighted by molar-refractivity contribution is 5.83. The Bertz CT molecular complexity index is 280. The van der Waals surface area contributed by atoms with Crippen molar-refractivity contribution in [2.45, 2.75) is 40.5 Å². The molecule has 2 N–H and O–H groups in total. The van der Waals surface area contributed by atoms with Crippen LogP contribution in [0, 0.1) is 11.8 Å². The maximum Gasteiger partial charge on any atom is 0.325 e. The Kier molecular flexibility index (Phi) is 9.21. The number of amides is 1. The number of hydrogen-bond acceptors (Lipinski definition) is 4. The Morgan fingerprint density at radius 3 is 2.32 bits per heavy atom. The summed E-state index contributed by atoms with van der Waals surface area (Å²) in [6.07, 6.45) is 1.66. The maximum absolute atomic E-state index is 12.4. The number of carbonyl (C=O) groups is 2. The number of rotatable bonds is 9. The molecule has 0 fully saturated rings. The van der Waals surface area contributed by atoms with E-state index in [0.29, 0.717) is 25.6 Å². The van der Waals surface area contributed by atoms with Crippen molar-refractivity contribution in [3.05, 3.63) is 0 Å². The molecule has 0 spiro atoms. The molecule has 0 saturated heterocycles. The Morgan fingerprint density at radius 1 is 1.26 bits per heavy atom. The fourth-order valence-electron chi connectivity index (χ4n) is 1.98. The van der Waals surface area contributed by atoms with Gasteiger partial charge in [0.2, 0.25) is 5.91 Å². The second-order valence-electron chi connectivity index (χ2n) is 5.14. The molecule has 5 heteroatoms. The Balaban J connectivity index is 4.71. The summed E-state index contributed by atoms with van der Waals surface area (Å²) in [6.45, 7) is 9.04. The lowest BCUT2D eigenvalue weighted by molar-refractivity contribution is -0.150. The summed E-state index contributed by atoms with van der Waals surface area (Å²) in [4.78, 5) is 25.5. The third-order valence-electron chi connectivity index (χ3n) is 2.79. The molecule has 5 nitrogen and oxygen atoms in total. The van der Waals surface area contributed by atoms with E-state index in [4.69, 9.17) is 10.5 Å². The maximum atomic E-state index is 12.4. The zero-order chi connectivity index (χ0) is 14.8. The Labute approximate surface area is 116 Å². The molecule has 112 valence electrons. The van der Waals surface area contributed by atoms with E-state index < -0.39 is 0 Å². The van der Waals surface area contributed by atoms with Gasteiger partial charge in [-0.1, -0.05) is 27.2 Å². The monoisotopic (exact) mass is 272 g/mol. The molecule has 0 aromatic rings. The molecule has 0 bridgehead atoms. The molecule has 0 heterocycles. The standard InChI is InChI=1S/C14H28N2O3/c1-5-7-12(8-15)14(18)16(9-11(3)4)10-13(17)19-6-2/h11-12H,5-10,15H2,1-4H3. The van der Waals surface area contributed by atoms with Crippen LogP contribution in [0.2, 0.25) is 0 Å². The number of nitrogens with zero attached hydrogens (tertiary/aromatic N) is 1. The second kappa shape index (κ2) is 9.78. The van der Waals surface area contributed by atoms with Gasteiger partial charge in [0.05, 0.1) is 12.5 Å². The van der Waals surface area contributed by atoms with Crippen molar-refractivity contribution >= 4 is 11.9 Å². The van der Waals surface area contributed by atoms with Gasteiger partial charge >= 0.3 is 5.97 Å². The second-order valence-corrected chi connectivity index (χ2v) is 5.14. The average Bonchev–Trinajstić information content (AvgIpc) is 2.34. The van der Waals surface area contributed by atoms with E-state index in [1.807, 2.05) is 20.8 Å². The van der Waals surface area contributed by atoms with Gasteiger partial charge in [-0.3, -0.25) is 9.59 Å². The quantitative estimate of drug-likeness (QED) is 0.644. The van der Waals surface area contributed by atoms with E-state index in [0.717, 1.165) is 12.8 Å². The number of nitrogens with two attached hydrogens (primary N) is 1. The van der Waals surface area contributed by atoms with Crippen molar-refractivity contribution in [2.75, 3.05) is 26.2 Å². The van der Waals surface area contributed by atoms with E-state index in [-0.39, 0.29) is 24.3 Å². The van der Waals surface area contributed by atoms with Gasteiger partial charge in [-0.2, -0.15) is 0 Å². The summed E-state index contributed by atoms with van der Waals surface area (Å²) in [5.41, 5.74) is 5.65. The molecule has 0 aliphatic carbocycles. The number of hydrogen-bond donors (Lipinski definition) is 1. The minimum atomic E-state index is -0.358. The lowest BCUT2D eigenvalue weighted by Crippen LogP contribution is -2.44. The van der Waals surface area contributed by atoms with Crippen LogP contribution in [-0.4, -0.2) is 43.0 Å². The van der Waals surface area contributed by atoms with Gasteiger partial charge < -0.3 is 15.4 Å². The number of esters is 1. The van der Waals surface area contributed by atoms with E-state index in [1.54, 1.807) is 11.8 Å². The summed E-state index contributed by atoms with van der Waals surface area (Å²) in [5.74, 6) is -0.286. The van der Waals surface area contributed by atoms with Gasteiger partial charge in [0.1, 0.15) is 6.54 Å². The van der Waals surface area contributed by atoms with Gasteiger partial charge in [0.15, 0.2) is 0 Å². The van der Waals surface area contributed by atoms with Crippen LogP contribution in [0.3, 0.4) is 0 Å². The molecule has 0 aliphatic rings. The Hall–Kier alpha value is -1.10. The van der Waals surface area contributed by atoms with Crippen LogP contribution in [0.4, 0.5) is 0 Å². The normalized spacial score (nSPS) is 12.3. The summed E-state index contributed by atoms with van der Waals surface area (Å²) >= 11 is 0. The first-order valence-corrected chi connectivity index (χ1v) is 7.10. The number of ether oxygens (including phenoxy) is 1. The predicted octanol–water partition coefficient (Wildman–Crippen LogP) is 1.41. The van der Waals surface area contributed by atoms with Crippen molar-refractivity contribution in [1.82, 2.24) is 4.90 Å². The molecule has 1 unspecified atom stereocenters. The highest BCUT2D eigenvalue weighted by Gasteiger charge is 2.25. The topological polar surface area (TPSA) is 72.6 Å². The SMILES string of the molecule is CCCC(CN)C(=O)N(CC(=O)OCC)CC(C)C. The molecule has 1 atom stereocenters. The lowest BCUT2D eigenvalue weighted by Gasteiger charge is -2.27. The molecule has 0 aromatic heterocycles. The summed E-state index contributed by atoms with van der Waals surface area (Å²) in [5, 5.41) is 0. The molecular weight excluding hydrogens is 244 g/mol. The van der Waals surface area contributed by atoms with Crippen LogP contribution in [0.15, 0.2) is 0 Å². The molecule has 0 saturated carbocycles. The van der Waals surface area contributed by atoms with Crippen LogP contribution in [0.1, 0.15) is 40.5 Å². The third kappa shape index (κ3) is 7.15. The van der Waals surface area contributed by atoms with Crippen LogP contribution >= 0.6 is 0 Å². The highest BCUT2D eigenvalue weighted by atomic mass is 16.5. The summed E-state index contributed by atoms with van der Waals surface area (Å²) in [6, 6.07) is 0. The minimum absolute atomic E-state index is 0.0189. The predicted molar refractivity (Wildman–Crippen MR) is 75.5 cm³/mol. The third-order valence-corrected chi connectivity index (χ3v) is 2.79. The van der Waals surface area contributed by atoms with Gasteiger partial charge in [-0.05, 0) is 19.3 Å². The van der Waals surface area contributed by atoms with Gasteiger partial charge in [-0.15, -0.1) is 0 Å². The average molecular weight is 272 g/mol. The van der Waals surface area contributed by atoms with Crippen molar-refractivity contribution in [3.63, 3.8) is 0 Å². The van der Waals surface area contributed by atoms with Crippen LogP contribution in [0.5, 0.6) is 0 Å². The van der Waals surface area contributed by atoms with Crippen molar-refractivity contribution in [1.29, 1.82) is 0 Å². The molecule has 0 aliphatic heterocycles. The van der Waals surface area contributed by atoms with E-state index >= 15 is 0 Å². The Morgan fingerprint density at radius 2 is 1.89 bits per heavy atom. The van der Waals surface area contributed by atoms with E-state index in [9.17, 15) is 9.59 Å². The van der Waals surface area contributed by atoms with E-state index in [1.165, 1.54) is 0 Å². The van der Waals surface area contributed by atoms with Gasteiger partial charge in [-0.25, -0.2) is 0 Å². The first kappa shape index (κ1) is 17.9. The summed E-state index contributed by atoms with van der Waals surface area (Å²) in [7, 11) is 0. The fourth-order valence-corrected chi connectivity index (χ4v) is 1.98. The largest absolute Gasteiger partial charge is 0.465 e. The van der Waals surface area contributed by atoms with Gasteiger partial charge in [0, 0.05) is 13.1 Å². The molecular formula is C14H28N2O3. The van der Waals surface area contributed by atoms with Crippen LogP contribution in [0.25, 0.3) is 0 Å². The molecule has 1 amide bonds. The molecule has 0 radical (unpaired) electrons. The van der Waals surface area contributed by atoms with E-state index in [2.05, 4.69) is 0 Å². The lowest BCUT2D eigenvalue weighted by atomic mass is 10.0. The number of carbonyl (C=O) groups excluding carboxylic acids is 2. The van der Waals surface area contributed by atoms with Crippen LogP contribution in [-0.2, 0) is 14.3 Å². The fraction of sp³-hybridized carbons (Fsp3) is 0.857. The first-order chi connectivity index (χ1) is 8.96. The zero-order valence-electron chi connectivity index (χ0n) is 12.6.